The molecule has 1 aromatic rings. The molecule has 0 aliphatic rings. The minimum absolute atomic E-state index is 0.269. The molecule has 1 rings (SSSR count). The number of ether oxygens (including phenoxy) is 1. The number of benzene rings is 1. The summed E-state index contributed by atoms with van der Waals surface area (Å²) in [5.41, 5.74) is 0.269. The van der Waals surface area contributed by atoms with Gasteiger partial charge in [-0.2, -0.15) is 0 Å². The van der Waals surface area contributed by atoms with Crippen LogP contribution < -0.4 is 4.74 Å². The van der Waals surface area contributed by atoms with Gasteiger partial charge in [0, 0.05) is 11.1 Å². The second kappa shape index (κ2) is 5.09. The summed E-state index contributed by atoms with van der Waals surface area (Å²) in [5, 5.41) is 1.25. The van der Waals surface area contributed by atoms with Crippen LogP contribution in [-0.4, -0.2) is 6.61 Å². The van der Waals surface area contributed by atoms with Gasteiger partial charge in [-0.1, -0.05) is 44.0 Å². The molecule has 3 heteroatoms. The Kier molecular flexibility index (Phi) is 4.30. The molecule has 0 spiro atoms. The molecule has 0 saturated carbocycles. The van der Waals surface area contributed by atoms with E-state index in [1.165, 1.54) is 0 Å². The van der Waals surface area contributed by atoms with Crippen molar-refractivity contribution in [3.8, 4) is 5.75 Å². The first-order valence-electron chi connectivity index (χ1n) is 4.96. The Morgan fingerprint density at radius 3 is 2.47 bits per heavy atom. The van der Waals surface area contributed by atoms with Gasteiger partial charge in [0.25, 0.3) is 0 Å². The van der Waals surface area contributed by atoms with Crippen LogP contribution in [0.25, 0.3) is 0 Å². The van der Waals surface area contributed by atoms with Crippen LogP contribution in [0.4, 0.5) is 0 Å². The largest absolute Gasteiger partial charge is 0.492 e. The zero-order valence-corrected chi connectivity index (χ0v) is 10.8. The number of hydrogen-bond acceptors (Lipinski definition) is 1. The first kappa shape index (κ1) is 12.7. The summed E-state index contributed by atoms with van der Waals surface area (Å²) in [6, 6.07) is 5.24. The Hall–Kier alpha value is -0.400. The van der Waals surface area contributed by atoms with Crippen molar-refractivity contribution in [2.24, 2.45) is 5.41 Å². The lowest BCUT2D eigenvalue weighted by Gasteiger charge is -2.18. The van der Waals surface area contributed by atoms with E-state index in [0.29, 0.717) is 22.4 Å². The highest BCUT2D eigenvalue weighted by Gasteiger charge is 2.10. The SMILES string of the molecule is CC(C)(C)CCOc1cc(Cl)ccc1Cl. The molecule has 0 aliphatic carbocycles. The Morgan fingerprint density at radius 1 is 1.20 bits per heavy atom. The summed E-state index contributed by atoms with van der Waals surface area (Å²) >= 11 is 11.8. The number of halogens is 2. The molecular formula is C12H16Cl2O. The van der Waals surface area contributed by atoms with Gasteiger partial charge >= 0.3 is 0 Å². The van der Waals surface area contributed by atoms with Crippen LogP contribution in [0, 0.1) is 5.41 Å². The van der Waals surface area contributed by atoms with Gasteiger partial charge in [-0.3, -0.25) is 0 Å². The minimum atomic E-state index is 0.269. The molecule has 15 heavy (non-hydrogen) atoms. The van der Waals surface area contributed by atoms with Crippen molar-refractivity contribution in [2.75, 3.05) is 6.61 Å². The maximum Gasteiger partial charge on any atom is 0.139 e. The van der Waals surface area contributed by atoms with E-state index in [9.17, 15) is 0 Å². The van der Waals surface area contributed by atoms with E-state index in [-0.39, 0.29) is 5.41 Å². The van der Waals surface area contributed by atoms with Crippen molar-refractivity contribution in [1.29, 1.82) is 0 Å². The highest BCUT2D eigenvalue weighted by atomic mass is 35.5. The van der Waals surface area contributed by atoms with E-state index < -0.39 is 0 Å². The van der Waals surface area contributed by atoms with Gasteiger partial charge in [-0.05, 0) is 24.0 Å². The maximum absolute atomic E-state index is 5.96. The van der Waals surface area contributed by atoms with E-state index in [0.717, 1.165) is 6.42 Å². The number of rotatable bonds is 3. The van der Waals surface area contributed by atoms with Crippen molar-refractivity contribution in [3.63, 3.8) is 0 Å². The second-order valence-corrected chi connectivity index (χ2v) is 5.58. The molecule has 0 saturated heterocycles. The van der Waals surface area contributed by atoms with Gasteiger partial charge in [0.1, 0.15) is 5.75 Å². The highest BCUT2D eigenvalue weighted by molar-refractivity contribution is 6.34. The molecule has 1 aromatic carbocycles. The highest BCUT2D eigenvalue weighted by Crippen LogP contribution is 2.28. The Balaban J connectivity index is 2.54. The van der Waals surface area contributed by atoms with Gasteiger partial charge in [-0.25, -0.2) is 0 Å². The van der Waals surface area contributed by atoms with Gasteiger partial charge < -0.3 is 4.74 Å². The van der Waals surface area contributed by atoms with Crippen LogP contribution in [0.3, 0.4) is 0 Å². The van der Waals surface area contributed by atoms with E-state index in [1.807, 2.05) is 0 Å². The fourth-order valence-electron chi connectivity index (χ4n) is 1.05. The average Bonchev–Trinajstić information content (AvgIpc) is 2.09. The van der Waals surface area contributed by atoms with Crippen LogP contribution in [-0.2, 0) is 0 Å². The predicted octanol–water partition coefficient (Wildman–Crippen LogP) is 4.81. The summed E-state index contributed by atoms with van der Waals surface area (Å²) < 4.78 is 5.58. The molecule has 0 aliphatic heterocycles. The molecule has 0 amide bonds. The standard InChI is InChI=1S/C12H16Cl2O/c1-12(2,3)6-7-15-11-8-9(13)4-5-10(11)14/h4-5,8H,6-7H2,1-3H3. The Morgan fingerprint density at radius 2 is 1.87 bits per heavy atom. The first-order valence-corrected chi connectivity index (χ1v) is 5.72. The molecule has 0 aromatic heterocycles. The summed E-state index contributed by atoms with van der Waals surface area (Å²) in [6.45, 7) is 7.19. The van der Waals surface area contributed by atoms with Gasteiger partial charge in [0.05, 0.1) is 11.6 Å². The third kappa shape index (κ3) is 4.76. The van der Waals surface area contributed by atoms with Crippen LogP contribution in [0.15, 0.2) is 18.2 Å². The van der Waals surface area contributed by atoms with Crippen molar-refractivity contribution in [1.82, 2.24) is 0 Å². The Bertz CT molecular complexity index is 329. The molecule has 0 N–H and O–H groups in total. The lowest BCUT2D eigenvalue weighted by molar-refractivity contribution is 0.243. The topological polar surface area (TPSA) is 9.23 Å². The number of hydrogen-bond donors (Lipinski definition) is 0. The zero-order chi connectivity index (χ0) is 11.5. The molecule has 1 nitrogen and oxygen atoms in total. The van der Waals surface area contributed by atoms with Crippen LogP contribution in [0.1, 0.15) is 27.2 Å². The average molecular weight is 247 g/mol. The van der Waals surface area contributed by atoms with E-state index >= 15 is 0 Å². The van der Waals surface area contributed by atoms with E-state index in [4.69, 9.17) is 27.9 Å². The summed E-state index contributed by atoms with van der Waals surface area (Å²) in [6.07, 6.45) is 0.982. The van der Waals surface area contributed by atoms with Crippen LogP contribution in [0.2, 0.25) is 10.0 Å². The lowest BCUT2D eigenvalue weighted by atomic mass is 9.93. The molecule has 0 bridgehead atoms. The maximum atomic E-state index is 5.96. The van der Waals surface area contributed by atoms with E-state index in [2.05, 4.69) is 20.8 Å². The molecule has 0 fully saturated rings. The van der Waals surface area contributed by atoms with E-state index in [1.54, 1.807) is 18.2 Å². The third-order valence-corrected chi connectivity index (χ3v) is 2.55. The van der Waals surface area contributed by atoms with Gasteiger partial charge in [0.2, 0.25) is 0 Å². The molecule has 0 atom stereocenters. The van der Waals surface area contributed by atoms with Gasteiger partial charge in [-0.15, -0.1) is 0 Å². The monoisotopic (exact) mass is 246 g/mol. The van der Waals surface area contributed by atoms with Crippen molar-refractivity contribution in [3.05, 3.63) is 28.2 Å². The fourth-order valence-corrected chi connectivity index (χ4v) is 1.39. The molecule has 0 radical (unpaired) electrons. The molecule has 0 unspecified atom stereocenters. The summed E-state index contributed by atoms with van der Waals surface area (Å²) in [7, 11) is 0. The van der Waals surface area contributed by atoms with Crippen molar-refractivity contribution in [2.45, 2.75) is 27.2 Å². The smallest absolute Gasteiger partial charge is 0.139 e. The Labute approximate surface area is 101 Å². The molecule has 0 heterocycles. The first-order chi connectivity index (χ1) is 6.88. The second-order valence-electron chi connectivity index (χ2n) is 4.73. The fraction of sp³-hybridized carbons (Fsp3) is 0.500. The third-order valence-electron chi connectivity index (χ3n) is 2.00. The predicted molar refractivity (Wildman–Crippen MR) is 66.0 cm³/mol. The van der Waals surface area contributed by atoms with Crippen molar-refractivity contribution >= 4 is 23.2 Å². The normalized spacial score (nSPS) is 11.5. The minimum Gasteiger partial charge on any atom is -0.492 e. The van der Waals surface area contributed by atoms with Crippen LogP contribution in [0.5, 0.6) is 5.75 Å². The zero-order valence-electron chi connectivity index (χ0n) is 9.31. The van der Waals surface area contributed by atoms with Crippen LogP contribution >= 0.6 is 23.2 Å². The summed E-state index contributed by atoms with van der Waals surface area (Å²) in [4.78, 5) is 0. The molecular weight excluding hydrogens is 231 g/mol. The van der Waals surface area contributed by atoms with Crippen molar-refractivity contribution < 1.29 is 4.74 Å². The lowest BCUT2D eigenvalue weighted by Crippen LogP contribution is -2.11. The van der Waals surface area contributed by atoms with Gasteiger partial charge in [0.15, 0.2) is 0 Å². The quantitative estimate of drug-likeness (QED) is 0.744. The molecule has 84 valence electrons. The summed E-state index contributed by atoms with van der Waals surface area (Å²) in [5.74, 6) is 0.661.